The molecule has 4 rings (SSSR count). The second-order valence-electron chi connectivity index (χ2n) is 8.28. The molecule has 0 unspecified atom stereocenters. The predicted molar refractivity (Wildman–Crippen MR) is 111 cm³/mol. The zero-order valence-electron chi connectivity index (χ0n) is 16.3. The molecule has 3 aromatic carbocycles. The van der Waals surface area contributed by atoms with Crippen LogP contribution in [0.3, 0.4) is 0 Å². The third kappa shape index (κ3) is 3.18. The highest BCUT2D eigenvalue weighted by Crippen LogP contribution is 2.40. The average Bonchev–Trinajstić information content (AvgIpc) is 2.91. The maximum Gasteiger partial charge on any atom is 0.416 e. The molecule has 148 valence electrons. The molecule has 0 radical (unpaired) electrons. The Kier molecular flexibility index (Phi) is 4.08. The minimum Gasteiger partial charge on any atom is -0.383 e. The summed E-state index contributed by atoms with van der Waals surface area (Å²) in [5.74, 6) is 0.174. The second-order valence-corrected chi connectivity index (χ2v) is 8.28. The molecule has 1 heterocycles. The fourth-order valence-electron chi connectivity index (χ4n) is 3.71. The largest absolute Gasteiger partial charge is 0.416 e. The van der Waals surface area contributed by atoms with Crippen LogP contribution >= 0.6 is 0 Å². The fourth-order valence-corrected chi connectivity index (χ4v) is 3.71. The summed E-state index contributed by atoms with van der Waals surface area (Å²) in [6, 6.07) is 13.0. The van der Waals surface area contributed by atoms with Gasteiger partial charge in [0.2, 0.25) is 0 Å². The van der Waals surface area contributed by atoms with Crippen molar-refractivity contribution >= 4 is 22.4 Å². The third-order valence-corrected chi connectivity index (χ3v) is 5.23. The van der Waals surface area contributed by atoms with Crippen molar-refractivity contribution in [1.82, 2.24) is 0 Å². The van der Waals surface area contributed by atoms with Gasteiger partial charge in [-0.2, -0.15) is 13.2 Å². The Morgan fingerprint density at radius 3 is 2.28 bits per heavy atom. The van der Waals surface area contributed by atoms with E-state index in [-0.39, 0.29) is 17.1 Å². The van der Waals surface area contributed by atoms with Gasteiger partial charge in [0.05, 0.1) is 5.56 Å². The van der Waals surface area contributed by atoms with Crippen molar-refractivity contribution in [3.63, 3.8) is 0 Å². The van der Waals surface area contributed by atoms with Crippen molar-refractivity contribution in [2.45, 2.75) is 32.4 Å². The van der Waals surface area contributed by atoms with E-state index in [1.54, 1.807) is 6.07 Å². The van der Waals surface area contributed by atoms with Crippen LogP contribution in [-0.2, 0) is 11.6 Å². The number of hydrogen-bond acceptors (Lipinski definition) is 2. The lowest BCUT2D eigenvalue weighted by molar-refractivity contribution is -0.137. The summed E-state index contributed by atoms with van der Waals surface area (Å²) in [4.78, 5) is 4.06. The van der Waals surface area contributed by atoms with Crippen molar-refractivity contribution < 1.29 is 13.2 Å². The van der Waals surface area contributed by atoms with Crippen molar-refractivity contribution in [2.75, 3.05) is 0 Å². The van der Waals surface area contributed by atoms with Gasteiger partial charge in [-0.3, -0.25) is 5.41 Å². The van der Waals surface area contributed by atoms with Crippen LogP contribution in [0.25, 0.3) is 21.9 Å². The smallest absolute Gasteiger partial charge is 0.383 e. The zero-order valence-corrected chi connectivity index (χ0v) is 16.3. The molecule has 0 saturated heterocycles. The van der Waals surface area contributed by atoms with E-state index in [9.17, 15) is 13.2 Å². The van der Waals surface area contributed by atoms with E-state index in [1.807, 2.05) is 24.3 Å². The number of benzene rings is 3. The Bertz CT molecular complexity index is 1200. The maximum atomic E-state index is 13.3. The van der Waals surface area contributed by atoms with Gasteiger partial charge in [0.15, 0.2) is 5.84 Å². The Labute approximate surface area is 166 Å². The third-order valence-electron chi connectivity index (χ3n) is 5.23. The number of halogens is 3. The van der Waals surface area contributed by atoms with Crippen LogP contribution in [-0.4, -0.2) is 11.7 Å². The standard InChI is InChI=1S/C23H20F3N3/c1-22(2,3)14-7-8-16-13(10-14)11-17-19(21(28)29-20(17)27)18(16)12-5-4-6-15(9-12)23(24,25)26/h4-11H,1-3H3,(H3,27,28,29). The molecule has 0 bridgehead atoms. The number of alkyl halides is 3. The molecule has 0 aromatic heterocycles. The van der Waals surface area contributed by atoms with Crippen LogP contribution < -0.4 is 5.73 Å². The number of aliphatic imine (C=N–C) groups is 1. The van der Waals surface area contributed by atoms with E-state index < -0.39 is 11.7 Å². The molecule has 3 aromatic rings. The van der Waals surface area contributed by atoms with Crippen LogP contribution in [0, 0.1) is 5.41 Å². The lowest BCUT2D eigenvalue weighted by Gasteiger charge is -2.21. The highest BCUT2D eigenvalue weighted by atomic mass is 19.4. The maximum absolute atomic E-state index is 13.3. The van der Waals surface area contributed by atoms with E-state index in [0.29, 0.717) is 22.3 Å². The Hall–Kier alpha value is -3.15. The number of nitrogens with zero attached hydrogens (tertiary/aromatic N) is 1. The van der Waals surface area contributed by atoms with Crippen LogP contribution in [0.1, 0.15) is 43.0 Å². The van der Waals surface area contributed by atoms with Gasteiger partial charge < -0.3 is 5.73 Å². The fraction of sp³-hybridized carbons (Fsp3) is 0.217. The van der Waals surface area contributed by atoms with Gasteiger partial charge in [-0.15, -0.1) is 0 Å². The Morgan fingerprint density at radius 2 is 1.62 bits per heavy atom. The summed E-state index contributed by atoms with van der Waals surface area (Å²) in [6.07, 6.45) is -4.45. The van der Waals surface area contributed by atoms with Gasteiger partial charge in [0.25, 0.3) is 0 Å². The molecule has 1 aliphatic rings. The van der Waals surface area contributed by atoms with Crippen LogP contribution in [0.15, 0.2) is 53.5 Å². The molecule has 0 spiro atoms. The van der Waals surface area contributed by atoms with E-state index >= 15 is 0 Å². The van der Waals surface area contributed by atoms with Crippen molar-refractivity contribution in [2.24, 2.45) is 10.7 Å². The summed E-state index contributed by atoms with van der Waals surface area (Å²) in [7, 11) is 0. The number of hydrogen-bond donors (Lipinski definition) is 2. The first kappa shape index (κ1) is 19.2. The monoisotopic (exact) mass is 395 g/mol. The van der Waals surface area contributed by atoms with E-state index in [4.69, 9.17) is 11.1 Å². The van der Waals surface area contributed by atoms with Crippen LogP contribution in [0.4, 0.5) is 13.2 Å². The first-order chi connectivity index (χ1) is 13.5. The number of nitrogens with one attached hydrogen (secondary N) is 1. The van der Waals surface area contributed by atoms with Gasteiger partial charge in [0, 0.05) is 16.7 Å². The van der Waals surface area contributed by atoms with E-state index in [0.717, 1.165) is 28.5 Å². The summed E-state index contributed by atoms with van der Waals surface area (Å²) < 4.78 is 39.9. The summed E-state index contributed by atoms with van der Waals surface area (Å²) >= 11 is 0. The highest BCUT2D eigenvalue weighted by Gasteiger charge is 2.32. The molecule has 3 nitrogen and oxygen atoms in total. The summed E-state index contributed by atoms with van der Waals surface area (Å²) in [6.45, 7) is 6.29. The quantitative estimate of drug-likeness (QED) is 0.532. The number of nitrogens with two attached hydrogens (primary N) is 1. The SMILES string of the molecule is CC(C)(C)c1ccc2c(-c3cccc(C(F)(F)F)c3)c3c(cc2c1)C(=N)N=C3N. The average molecular weight is 395 g/mol. The van der Waals surface area contributed by atoms with E-state index in [2.05, 4.69) is 25.8 Å². The molecule has 0 amide bonds. The van der Waals surface area contributed by atoms with E-state index in [1.165, 1.54) is 6.07 Å². The van der Waals surface area contributed by atoms with Crippen molar-refractivity contribution in [3.8, 4) is 11.1 Å². The Balaban J connectivity index is 2.09. The lowest BCUT2D eigenvalue weighted by atomic mass is 9.83. The first-order valence-electron chi connectivity index (χ1n) is 9.19. The summed E-state index contributed by atoms with van der Waals surface area (Å²) in [5, 5.41) is 9.79. The molecular formula is C23H20F3N3. The number of rotatable bonds is 1. The van der Waals surface area contributed by atoms with Gasteiger partial charge in [-0.25, -0.2) is 4.99 Å². The first-order valence-corrected chi connectivity index (χ1v) is 9.19. The minimum absolute atomic E-state index is 0.0220. The second kappa shape index (κ2) is 6.17. The number of amidine groups is 2. The normalized spacial score (nSPS) is 14.3. The molecule has 6 heteroatoms. The molecule has 0 atom stereocenters. The molecule has 3 N–H and O–H groups in total. The zero-order chi connectivity index (χ0) is 21.1. The highest BCUT2D eigenvalue weighted by molar-refractivity contribution is 6.27. The molecular weight excluding hydrogens is 375 g/mol. The molecule has 0 saturated carbocycles. The molecule has 1 aliphatic heterocycles. The summed E-state index contributed by atoms with van der Waals surface area (Å²) in [5.41, 5.74) is 8.39. The topological polar surface area (TPSA) is 62.2 Å². The molecule has 29 heavy (non-hydrogen) atoms. The van der Waals surface area contributed by atoms with Crippen LogP contribution in [0.5, 0.6) is 0 Å². The van der Waals surface area contributed by atoms with Gasteiger partial charge in [-0.05, 0) is 45.5 Å². The van der Waals surface area contributed by atoms with Crippen molar-refractivity contribution in [3.05, 3.63) is 70.8 Å². The van der Waals surface area contributed by atoms with Gasteiger partial charge in [-0.1, -0.05) is 51.1 Å². The lowest BCUT2D eigenvalue weighted by Crippen LogP contribution is -2.13. The van der Waals surface area contributed by atoms with Crippen LogP contribution in [0.2, 0.25) is 0 Å². The molecule has 0 aliphatic carbocycles. The minimum atomic E-state index is -4.45. The van der Waals surface area contributed by atoms with Gasteiger partial charge >= 0.3 is 6.18 Å². The van der Waals surface area contributed by atoms with Gasteiger partial charge in [0.1, 0.15) is 5.84 Å². The molecule has 0 fully saturated rings. The van der Waals surface area contributed by atoms with Crippen molar-refractivity contribution in [1.29, 1.82) is 5.41 Å². The predicted octanol–water partition coefficient (Wildman–Crippen LogP) is 5.87. The number of fused-ring (bicyclic) bond motifs is 2. The Morgan fingerprint density at radius 1 is 0.897 bits per heavy atom.